The second-order valence-corrected chi connectivity index (χ2v) is 4.43. The fourth-order valence-corrected chi connectivity index (χ4v) is 2.24. The molecule has 0 radical (unpaired) electrons. The van der Waals surface area contributed by atoms with Crippen LogP contribution in [0.1, 0.15) is 33.6 Å². The van der Waals surface area contributed by atoms with Gasteiger partial charge in [-0.1, -0.05) is 19.9 Å². The van der Waals surface area contributed by atoms with E-state index in [0.717, 1.165) is 6.61 Å². The first kappa shape index (κ1) is 7.35. The molecule has 1 saturated heterocycles. The molecule has 1 spiro atoms. The van der Waals surface area contributed by atoms with Gasteiger partial charge in [-0.25, -0.2) is 0 Å². The largest absolute Gasteiger partial charge is 0.364 e. The third-order valence-electron chi connectivity index (χ3n) is 3.38. The number of epoxide rings is 1. The summed E-state index contributed by atoms with van der Waals surface area (Å²) in [4.78, 5) is 0. The molecule has 11 heavy (non-hydrogen) atoms. The Morgan fingerprint density at radius 1 is 1.45 bits per heavy atom. The molecule has 0 unspecified atom stereocenters. The third-order valence-corrected chi connectivity index (χ3v) is 3.38. The smallest absolute Gasteiger partial charge is 0.117 e. The summed E-state index contributed by atoms with van der Waals surface area (Å²) in [5.74, 6) is 0. The Morgan fingerprint density at radius 3 is 2.45 bits per heavy atom. The maximum absolute atomic E-state index is 5.60. The van der Waals surface area contributed by atoms with Gasteiger partial charge < -0.3 is 4.74 Å². The Kier molecular flexibility index (Phi) is 1.26. The quantitative estimate of drug-likeness (QED) is 0.384. The normalized spacial score (nSPS) is 40.5. The van der Waals surface area contributed by atoms with Crippen molar-refractivity contribution in [3.8, 4) is 0 Å². The molecule has 1 aliphatic heterocycles. The highest BCUT2D eigenvalue weighted by molar-refractivity contribution is 5.29. The van der Waals surface area contributed by atoms with E-state index >= 15 is 0 Å². The van der Waals surface area contributed by atoms with E-state index in [2.05, 4.69) is 26.8 Å². The Hall–Kier alpha value is -0.300. The fraction of sp³-hybridized carbons (Fsp3) is 0.800. The van der Waals surface area contributed by atoms with Crippen molar-refractivity contribution in [2.45, 2.75) is 39.2 Å². The van der Waals surface area contributed by atoms with E-state index in [1.54, 1.807) is 0 Å². The highest BCUT2D eigenvalue weighted by Crippen LogP contribution is 2.54. The lowest BCUT2D eigenvalue weighted by atomic mass is 9.68. The Labute approximate surface area is 68.4 Å². The van der Waals surface area contributed by atoms with Crippen molar-refractivity contribution in [1.82, 2.24) is 0 Å². The molecule has 0 amide bonds. The number of hydrogen-bond donors (Lipinski definition) is 0. The highest BCUT2D eigenvalue weighted by atomic mass is 16.6. The second-order valence-electron chi connectivity index (χ2n) is 4.43. The lowest BCUT2D eigenvalue weighted by Gasteiger charge is -2.35. The van der Waals surface area contributed by atoms with E-state index in [4.69, 9.17) is 4.74 Å². The van der Waals surface area contributed by atoms with E-state index in [1.165, 1.54) is 18.4 Å². The summed E-state index contributed by atoms with van der Waals surface area (Å²) < 4.78 is 5.60. The molecule has 1 heteroatoms. The second kappa shape index (κ2) is 1.89. The summed E-state index contributed by atoms with van der Waals surface area (Å²) in [6.45, 7) is 7.78. The lowest BCUT2D eigenvalue weighted by molar-refractivity contribution is 0.148. The maximum atomic E-state index is 5.60. The van der Waals surface area contributed by atoms with Gasteiger partial charge in [0.15, 0.2) is 0 Å². The minimum atomic E-state index is 0.144. The van der Waals surface area contributed by atoms with E-state index in [9.17, 15) is 0 Å². The number of ether oxygens (including phenoxy) is 1. The van der Waals surface area contributed by atoms with Gasteiger partial charge in [0.05, 0.1) is 6.61 Å². The first-order valence-electron chi connectivity index (χ1n) is 4.40. The van der Waals surface area contributed by atoms with Gasteiger partial charge in [-0.15, -0.1) is 0 Å². The molecule has 0 aromatic carbocycles. The molecule has 1 atom stereocenters. The van der Waals surface area contributed by atoms with Crippen molar-refractivity contribution in [3.63, 3.8) is 0 Å². The van der Waals surface area contributed by atoms with E-state index in [0.29, 0.717) is 5.41 Å². The van der Waals surface area contributed by atoms with Crippen molar-refractivity contribution in [2.24, 2.45) is 5.41 Å². The minimum absolute atomic E-state index is 0.144. The average molecular weight is 152 g/mol. The maximum Gasteiger partial charge on any atom is 0.117 e. The summed E-state index contributed by atoms with van der Waals surface area (Å²) in [5, 5.41) is 0. The molecule has 1 nitrogen and oxygen atoms in total. The van der Waals surface area contributed by atoms with Crippen LogP contribution in [0.3, 0.4) is 0 Å². The average Bonchev–Trinajstić information content (AvgIpc) is 2.63. The summed E-state index contributed by atoms with van der Waals surface area (Å²) in [5.41, 5.74) is 1.96. The SMILES string of the molecule is CC1=CCCC(C)(C)[C@]12CO2. The topological polar surface area (TPSA) is 12.5 Å². The van der Waals surface area contributed by atoms with E-state index in [-0.39, 0.29) is 5.60 Å². The summed E-state index contributed by atoms with van der Waals surface area (Å²) in [7, 11) is 0. The fourth-order valence-electron chi connectivity index (χ4n) is 2.24. The van der Waals surface area contributed by atoms with Crippen LogP contribution in [0.5, 0.6) is 0 Å². The van der Waals surface area contributed by atoms with Crippen molar-refractivity contribution in [2.75, 3.05) is 6.61 Å². The standard InChI is InChI=1S/C10H16O/c1-8-5-4-6-9(2,3)10(8)7-11-10/h5H,4,6-7H2,1-3H3/t10-/m0/s1. The van der Waals surface area contributed by atoms with Gasteiger partial charge in [0.1, 0.15) is 5.60 Å². The van der Waals surface area contributed by atoms with E-state index in [1.807, 2.05) is 0 Å². The van der Waals surface area contributed by atoms with Crippen molar-refractivity contribution in [3.05, 3.63) is 11.6 Å². The number of rotatable bonds is 0. The van der Waals surface area contributed by atoms with Crippen molar-refractivity contribution >= 4 is 0 Å². The lowest BCUT2D eigenvalue weighted by Crippen LogP contribution is -2.36. The van der Waals surface area contributed by atoms with Crippen LogP contribution in [0.15, 0.2) is 11.6 Å². The molecule has 62 valence electrons. The summed E-state index contributed by atoms with van der Waals surface area (Å²) in [6, 6.07) is 0. The molecule has 0 saturated carbocycles. The van der Waals surface area contributed by atoms with Gasteiger partial charge in [0.2, 0.25) is 0 Å². The molecular formula is C10H16O. The Bertz CT molecular complexity index is 209. The van der Waals surface area contributed by atoms with Crippen LogP contribution in [0, 0.1) is 5.41 Å². The minimum Gasteiger partial charge on any atom is -0.364 e. The number of hydrogen-bond acceptors (Lipinski definition) is 1. The third kappa shape index (κ3) is 0.807. The van der Waals surface area contributed by atoms with Crippen LogP contribution >= 0.6 is 0 Å². The molecular weight excluding hydrogens is 136 g/mol. The Balaban J connectivity index is 2.36. The zero-order valence-corrected chi connectivity index (χ0v) is 7.61. The molecule has 0 aromatic heterocycles. The van der Waals surface area contributed by atoms with Gasteiger partial charge in [-0.2, -0.15) is 0 Å². The zero-order chi connectivity index (χ0) is 8.11. The molecule has 0 bridgehead atoms. The van der Waals surface area contributed by atoms with Crippen LogP contribution in [0.4, 0.5) is 0 Å². The predicted molar refractivity (Wildman–Crippen MR) is 45.5 cm³/mol. The monoisotopic (exact) mass is 152 g/mol. The van der Waals surface area contributed by atoms with Crippen molar-refractivity contribution < 1.29 is 4.74 Å². The van der Waals surface area contributed by atoms with Crippen LogP contribution in [0.2, 0.25) is 0 Å². The molecule has 2 aliphatic rings. The van der Waals surface area contributed by atoms with Gasteiger partial charge in [0.25, 0.3) is 0 Å². The van der Waals surface area contributed by atoms with Gasteiger partial charge >= 0.3 is 0 Å². The first-order chi connectivity index (χ1) is 5.08. The van der Waals surface area contributed by atoms with Crippen LogP contribution < -0.4 is 0 Å². The summed E-state index contributed by atoms with van der Waals surface area (Å²) >= 11 is 0. The molecule has 1 aliphatic carbocycles. The summed E-state index contributed by atoms with van der Waals surface area (Å²) in [6.07, 6.45) is 4.83. The van der Waals surface area contributed by atoms with Gasteiger partial charge in [-0.05, 0) is 25.3 Å². The Morgan fingerprint density at radius 2 is 2.09 bits per heavy atom. The number of allylic oxidation sites excluding steroid dienone is 1. The molecule has 0 aromatic rings. The van der Waals surface area contributed by atoms with Crippen LogP contribution in [-0.2, 0) is 4.74 Å². The van der Waals surface area contributed by atoms with Crippen molar-refractivity contribution in [1.29, 1.82) is 0 Å². The van der Waals surface area contributed by atoms with Crippen LogP contribution in [0.25, 0.3) is 0 Å². The van der Waals surface area contributed by atoms with E-state index < -0.39 is 0 Å². The predicted octanol–water partition coefficient (Wildman–Crippen LogP) is 2.52. The van der Waals surface area contributed by atoms with Crippen LogP contribution in [-0.4, -0.2) is 12.2 Å². The zero-order valence-electron chi connectivity index (χ0n) is 7.61. The first-order valence-corrected chi connectivity index (χ1v) is 4.40. The molecule has 1 heterocycles. The molecule has 1 fully saturated rings. The highest BCUT2D eigenvalue weighted by Gasteiger charge is 2.58. The van der Waals surface area contributed by atoms with Gasteiger partial charge in [-0.3, -0.25) is 0 Å². The molecule has 2 rings (SSSR count). The molecule has 0 N–H and O–H groups in total. The van der Waals surface area contributed by atoms with Gasteiger partial charge in [0, 0.05) is 5.41 Å².